The van der Waals surface area contributed by atoms with E-state index in [-0.39, 0.29) is 11.7 Å². The fourth-order valence-electron chi connectivity index (χ4n) is 3.99. The van der Waals surface area contributed by atoms with Gasteiger partial charge in [0.15, 0.2) is 5.78 Å². The largest absolute Gasteiger partial charge is 0.469 e. The van der Waals surface area contributed by atoms with Gasteiger partial charge in [-0.25, -0.2) is 4.98 Å². The van der Waals surface area contributed by atoms with Crippen LogP contribution in [0.5, 0.6) is 0 Å². The third-order valence-corrected chi connectivity index (χ3v) is 5.58. The second-order valence-electron chi connectivity index (χ2n) is 7.33. The van der Waals surface area contributed by atoms with Crippen molar-refractivity contribution < 1.29 is 9.21 Å². The molecule has 28 heavy (non-hydrogen) atoms. The fraction of sp³-hybridized carbons (Fsp3) is 0.476. The normalized spacial score (nSPS) is 20.1. The van der Waals surface area contributed by atoms with Crippen molar-refractivity contribution in [2.45, 2.75) is 25.7 Å². The Morgan fingerprint density at radius 1 is 1.29 bits per heavy atom. The molecule has 2 aliphatic rings. The topological polar surface area (TPSA) is 74.5 Å². The van der Waals surface area contributed by atoms with E-state index in [0.29, 0.717) is 36.7 Å². The standard InChI is InChI=1S/C21H27N5O2/c1-3-7-22-20-19-16(13-15(14-17(19)27)18-6-5-12-28-18)23-21(24-20)26-10-8-25(4-2)9-11-26/h3,5-6,12,15H,1,4,7-11,13-14H2,2H3,(H,22,23,24). The van der Waals surface area contributed by atoms with E-state index in [4.69, 9.17) is 14.4 Å². The van der Waals surface area contributed by atoms with Gasteiger partial charge in [0.05, 0.1) is 17.5 Å². The summed E-state index contributed by atoms with van der Waals surface area (Å²) < 4.78 is 5.56. The van der Waals surface area contributed by atoms with Crippen molar-refractivity contribution in [2.24, 2.45) is 0 Å². The van der Waals surface area contributed by atoms with Crippen molar-refractivity contribution in [3.05, 3.63) is 48.1 Å². The molecule has 0 bridgehead atoms. The zero-order valence-electron chi connectivity index (χ0n) is 16.4. The van der Waals surface area contributed by atoms with Gasteiger partial charge in [-0.2, -0.15) is 4.98 Å². The van der Waals surface area contributed by atoms with Gasteiger partial charge >= 0.3 is 0 Å². The van der Waals surface area contributed by atoms with E-state index in [9.17, 15) is 4.79 Å². The number of carbonyl (C=O) groups is 1. The van der Waals surface area contributed by atoms with E-state index in [2.05, 4.69) is 28.6 Å². The number of ketones is 1. The molecule has 2 aromatic rings. The predicted octanol–water partition coefficient (Wildman–Crippen LogP) is 2.72. The lowest BCUT2D eigenvalue weighted by atomic mass is 9.84. The smallest absolute Gasteiger partial charge is 0.227 e. The van der Waals surface area contributed by atoms with Crippen LogP contribution in [0, 0.1) is 0 Å². The molecular formula is C21H27N5O2. The summed E-state index contributed by atoms with van der Waals surface area (Å²) in [5, 5.41) is 3.25. The monoisotopic (exact) mass is 381 g/mol. The highest BCUT2D eigenvalue weighted by molar-refractivity contribution is 6.03. The molecule has 1 saturated heterocycles. The number of furan rings is 1. The molecule has 0 saturated carbocycles. The van der Waals surface area contributed by atoms with E-state index in [1.54, 1.807) is 12.3 Å². The third-order valence-electron chi connectivity index (χ3n) is 5.58. The van der Waals surface area contributed by atoms with Gasteiger partial charge in [-0.3, -0.25) is 4.79 Å². The van der Waals surface area contributed by atoms with Gasteiger partial charge in [-0.1, -0.05) is 13.0 Å². The number of hydrogen-bond acceptors (Lipinski definition) is 7. The average Bonchev–Trinajstić information content (AvgIpc) is 3.26. The first-order chi connectivity index (χ1) is 13.7. The van der Waals surface area contributed by atoms with E-state index in [0.717, 1.165) is 44.2 Å². The highest BCUT2D eigenvalue weighted by Crippen LogP contribution is 2.35. The molecule has 148 valence electrons. The first-order valence-electron chi connectivity index (χ1n) is 9.99. The van der Waals surface area contributed by atoms with Gasteiger partial charge in [0.25, 0.3) is 0 Å². The van der Waals surface area contributed by atoms with Crippen LogP contribution in [-0.2, 0) is 6.42 Å². The Labute approximate surface area is 165 Å². The first-order valence-corrected chi connectivity index (χ1v) is 9.99. The summed E-state index contributed by atoms with van der Waals surface area (Å²) in [5.41, 5.74) is 1.44. The van der Waals surface area contributed by atoms with E-state index in [1.165, 1.54) is 0 Å². The van der Waals surface area contributed by atoms with Crippen molar-refractivity contribution in [2.75, 3.05) is 49.5 Å². The number of aromatic nitrogens is 2. The number of nitrogens with one attached hydrogen (secondary N) is 1. The summed E-state index contributed by atoms with van der Waals surface area (Å²) in [6.45, 7) is 11.3. The summed E-state index contributed by atoms with van der Waals surface area (Å²) in [6.07, 6.45) is 4.53. The lowest BCUT2D eigenvalue weighted by molar-refractivity contribution is 0.0959. The molecule has 1 unspecified atom stereocenters. The number of anilines is 2. The Kier molecular flexibility index (Phi) is 5.43. The van der Waals surface area contributed by atoms with E-state index < -0.39 is 0 Å². The highest BCUT2D eigenvalue weighted by atomic mass is 16.3. The van der Waals surface area contributed by atoms with Crippen LogP contribution in [-0.4, -0.2) is 59.9 Å². The zero-order chi connectivity index (χ0) is 19.5. The maximum Gasteiger partial charge on any atom is 0.227 e. The number of likely N-dealkylation sites (N-methyl/N-ethyl adjacent to an activating group) is 1. The van der Waals surface area contributed by atoms with Crippen molar-refractivity contribution >= 4 is 17.5 Å². The van der Waals surface area contributed by atoms with Gasteiger partial charge in [0.1, 0.15) is 11.6 Å². The number of carbonyl (C=O) groups excluding carboxylic acids is 1. The number of rotatable bonds is 6. The molecule has 1 N–H and O–H groups in total. The molecule has 2 aromatic heterocycles. The SMILES string of the molecule is C=CCNc1nc(N2CCN(CC)CC2)nc2c1C(=O)CC(c1ccco1)C2. The molecule has 1 aliphatic carbocycles. The number of hydrogen-bond donors (Lipinski definition) is 1. The molecule has 7 heteroatoms. The van der Waals surface area contributed by atoms with Crippen LogP contribution in [0.15, 0.2) is 35.5 Å². The second kappa shape index (κ2) is 8.14. The molecule has 0 aromatic carbocycles. The number of nitrogens with zero attached hydrogens (tertiary/aromatic N) is 4. The van der Waals surface area contributed by atoms with Crippen LogP contribution in [0.4, 0.5) is 11.8 Å². The van der Waals surface area contributed by atoms with Crippen molar-refractivity contribution in [3.8, 4) is 0 Å². The van der Waals surface area contributed by atoms with Gasteiger partial charge < -0.3 is 19.5 Å². The van der Waals surface area contributed by atoms with Crippen LogP contribution in [0.1, 0.15) is 41.1 Å². The summed E-state index contributed by atoms with van der Waals surface area (Å²) in [4.78, 5) is 27.1. The lowest BCUT2D eigenvalue weighted by Gasteiger charge is -2.35. The summed E-state index contributed by atoms with van der Waals surface area (Å²) in [6, 6.07) is 3.80. The van der Waals surface area contributed by atoms with Gasteiger partial charge in [-0.15, -0.1) is 6.58 Å². The van der Waals surface area contributed by atoms with Crippen molar-refractivity contribution in [3.63, 3.8) is 0 Å². The summed E-state index contributed by atoms with van der Waals surface area (Å²) in [7, 11) is 0. The summed E-state index contributed by atoms with van der Waals surface area (Å²) in [5.74, 6) is 2.27. The molecule has 1 aliphatic heterocycles. The molecule has 0 spiro atoms. The summed E-state index contributed by atoms with van der Waals surface area (Å²) >= 11 is 0. The predicted molar refractivity (Wildman–Crippen MR) is 109 cm³/mol. The van der Waals surface area contributed by atoms with Crippen LogP contribution < -0.4 is 10.2 Å². The Bertz CT molecular complexity index is 841. The Morgan fingerprint density at radius 3 is 2.79 bits per heavy atom. The molecular weight excluding hydrogens is 354 g/mol. The zero-order valence-corrected chi connectivity index (χ0v) is 16.4. The Morgan fingerprint density at radius 2 is 2.11 bits per heavy atom. The molecule has 3 heterocycles. The van der Waals surface area contributed by atoms with Crippen molar-refractivity contribution in [1.82, 2.24) is 14.9 Å². The van der Waals surface area contributed by atoms with E-state index in [1.807, 2.05) is 12.1 Å². The van der Waals surface area contributed by atoms with Crippen LogP contribution in [0.25, 0.3) is 0 Å². The second-order valence-corrected chi connectivity index (χ2v) is 7.33. The highest BCUT2D eigenvalue weighted by Gasteiger charge is 2.33. The minimum Gasteiger partial charge on any atom is -0.469 e. The molecule has 1 atom stereocenters. The van der Waals surface area contributed by atoms with Crippen LogP contribution in [0.2, 0.25) is 0 Å². The number of fused-ring (bicyclic) bond motifs is 1. The quantitative estimate of drug-likeness (QED) is 0.771. The van der Waals surface area contributed by atoms with Crippen LogP contribution in [0.3, 0.4) is 0 Å². The maximum atomic E-state index is 12.9. The van der Waals surface area contributed by atoms with Gasteiger partial charge in [0.2, 0.25) is 5.95 Å². The molecule has 4 rings (SSSR count). The van der Waals surface area contributed by atoms with Crippen LogP contribution >= 0.6 is 0 Å². The van der Waals surface area contributed by atoms with E-state index >= 15 is 0 Å². The minimum absolute atomic E-state index is 0.0296. The first kappa shape index (κ1) is 18.7. The van der Waals surface area contributed by atoms with Gasteiger partial charge in [-0.05, 0) is 18.7 Å². The Hall–Kier alpha value is -2.67. The molecule has 0 amide bonds. The lowest BCUT2D eigenvalue weighted by Crippen LogP contribution is -2.47. The fourth-order valence-corrected chi connectivity index (χ4v) is 3.99. The maximum absolute atomic E-state index is 12.9. The number of piperazine rings is 1. The van der Waals surface area contributed by atoms with Gasteiger partial charge in [0, 0.05) is 51.5 Å². The Balaban J connectivity index is 1.67. The average molecular weight is 381 g/mol. The molecule has 1 fully saturated rings. The minimum atomic E-state index is 0.0296. The van der Waals surface area contributed by atoms with Crippen molar-refractivity contribution in [1.29, 1.82) is 0 Å². The molecule has 0 radical (unpaired) electrons. The molecule has 7 nitrogen and oxygen atoms in total. The third kappa shape index (κ3) is 3.67. The number of Topliss-reactive ketones (excluding diaryl/α,β-unsaturated/α-hetero) is 1.